The lowest BCUT2D eigenvalue weighted by Gasteiger charge is -2.10. The Kier molecular flexibility index (Phi) is 5.67. The predicted octanol–water partition coefficient (Wildman–Crippen LogP) is 5.06. The van der Waals surface area contributed by atoms with Crippen molar-refractivity contribution in [2.45, 2.75) is 20.5 Å². The zero-order valence-corrected chi connectivity index (χ0v) is 16.5. The molecule has 2 aromatic carbocycles. The summed E-state index contributed by atoms with van der Waals surface area (Å²) < 4.78 is 6.72. The fraction of sp³-hybridized carbons (Fsp3) is 0.158. The van der Waals surface area contributed by atoms with Gasteiger partial charge in [-0.25, -0.2) is 9.48 Å². The summed E-state index contributed by atoms with van der Waals surface area (Å²) in [4.78, 5) is 23.2. The normalized spacial score (nSPS) is 10.7. The van der Waals surface area contributed by atoms with Crippen LogP contribution in [-0.2, 0) is 11.3 Å². The van der Waals surface area contributed by atoms with E-state index < -0.39 is 10.9 Å². The zero-order valence-electron chi connectivity index (χ0n) is 15.0. The number of aryl methyl sites for hydroxylation is 1. The van der Waals surface area contributed by atoms with Gasteiger partial charge in [-0.15, -0.1) is 0 Å². The maximum atomic E-state index is 12.5. The lowest BCUT2D eigenvalue weighted by molar-refractivity contribution is -0.386. The van der Waals surface area contributed by atoms with Crippen molar-refractivity contribution in [3.63, 3.8) is 0 Å². The minimum atomic E-state index is -0.636. The molecule has 1 heterocycles. The number of ether oxygens (including phenoxy) is 1. The molecule has 7 nitrogen and oxygen atoms in total. The summed E-state index contributed by atoms with van der Waals surface area (Å²) in [7, 11) is 0. The van der Waals surface area contributed by atoms with Crippen molar-refractivity contribution >= 4 is 34.9 Å². The van der Waals surface area contributed by atoms with Gasteiger partial charge in [0.25, 0.3) is 0 Å². The number of nitro groups is 1. The minimum Gasteiger partial charge on any atom is -0.457 e. The predicted molar refractivity (Wildman–Crippen MR) is 105 cm³/mol. The molecule has 0 spiro atoms. The van der Waals surface area contributed by atoms with E-state index in [0.29, 0.717) is 22.0 Å². The van der Waals surface area contributed by atoms with Crippen molar-refractivity contribution in [3.05, 3.63) is 85.1 Å². The van der Waals surface area contributed by atoms with E-state index in [1.54, 1.807) is 44.2 Å². The molecular weight excluding hydrogens is 405 g/mol. The lowest BCUT2D eigenvalue weighted by atomic mass is 10.2. The van der Waals surface area contributed by atoms with E-state index in [1.807, 2.05) is 0 Å². The van der Waals surface area contributed by atoms with Gasteiger partial charge in [0.1, 0.15) is 18.0 Å². The van der Waals surface area contributed by atoms with Gasteiger partial charge in [0, 0.05) is 10.6 Å². The van der Waals surface area contributed by atoms with Crippen molar-refractivity contribution in [1.82, 2.24) is 9.78 Å². The molecule has 0 saturated heterocycles. The Balaban J connectivity index is 1.90. The summed E-state index contributed by atoms with van der Waals surface area (Å²) in [6, 6.07) is 11.7. The third-order valence-corrected chi connectivity index (χ3v) is 4.87. The molecule has 0 fully saturated rings. The quantitative estimate of drug-likeness (QED) is 0.327. The number of nitrogens with zero attached hydrogens (tertiary/aromatic N) is 3. The molecule has 0 saturated carbocycles. The molecule has 3 aromatic rings. The van der Waals surface area contributed by atoms with Crippen LogP contribution in [0.5, 0.6) is 0 Å². The maximum Gasteiger partial charge on any atom is 0.340 e. The topological polar surface area (TPSA) is 87.3 Å². The third-order valence-electron chi connectivity index (χ3n) is 4.17. The fourth-order valence-electron chi connectivity index (χ4n) is 2.79. The van der Waals surface area contributed by atoms with Crippen LogP contribution < -0.4 is 0 Å². The van der Waals surface area contributed by atoms with Gasteiger partial charge < -0.3 is 4.74 Å². The molecule has 0 aliphatic rings. The number of aromatic nitrogens is 2. The van der Waals surface area contributed by atoms with Crippen molar-refractivity contribution in [3.8, 4) is 5.69 Å². The molecule has 0 amide bonds. The van der Waals surface area contributed by atoms with Crippen molar-refractivity contribution in [2.24, 2.45) is 0 Å². The first kappa shape index (κ1) is 19.9. The molecule has 144 valence electrons. The van der Waals surface area contributed by atoms with E-state index in [9.17, 15) is 14.9 Å². The number of benzene rings is 2. The Hall–Kier alpha value is -2.90. The first-order valence-corrected chi connectivity index (χ1v) is 8.96. The van der Waals surface area contributed by atoms with Gasteiger partial charge >= 0.3 is 11.7 Å². The fourth-order valence-corrected chi connectivity index (χ4v) is 3.17. The zero-order chi connectivity index (χ0) is 20.4. The van der Waals surface area contributed by atoms with Gasteiger partial charge in [0.05, 0.1) is 21.2 Å². The third kappa shape index (κ3) is 3.85. The molecule has 9 heteroatoms. The second kappa shape index (κ2) is 8.00. The summed E-state index contributed by atoms with van der Waals surface area (Å²) in [5, 5.41) is 16.1. The highest BCUT2D eigenvalue weighted by molar-refractivity contribution is 6.33. The van der Waals surface area contributed by atoms with Gasteiger partial charge in [-0.1, -0.05) is 41.4 Å². The van der Waals surface area contributed by atoms with Gasteiger partial charge in [0.15, 0.2) is 0 Å². The van der Waals surface area contributed by atoms with Crippen LogP contribution in [0.2, 0.25) is 10.0 Å². The van der Waals surface area contributed by atoms with Crippen LogP contribution in [-0.4, -0.2) is 20.7 Å². The molecule has 0 radical (unpaired) electrons. The molecule has 0 aliphatic heterocycles. The van der Waals surface area contributed by atoms with Gasteiger partial charge in [-0.3, -0.25) is 10.1 Å². The highest BCUT2D eigenvalue weighted by Crippen LogP contribution is 2.27. The number of halogens is 2. The number of carbonyl (C=O) groups excluding carboxylic acids is 1. The van der Waals surface area contributed by atoms with E-state index in [0.717, 1.165) is 0 Å². The summed E-state index contributed by atoms with van der Waals surface area (Å²) in [6.07, 6.45) is 0. The van der Waals surface area contributed by atoms with Crippen molar-refractivity contribution < 1.29 is 14.5 Å². The average molecular weight is 420 g/mol. The molecule has 0 unspecified atom stereocenters. The van der Waals surface area contributed by atoms with E-state index in [2.05, 4.69) is 5.10 Å². The van der Waals surface area contributed by atoms with Gasteiger partial charge in [-0.2, -0.15) is 5.10 Å². The standard InChI is InChI=1S/C19H15Cl2N3O4/c1-11-18(24(26)27)12(2)23(22-11)14-7-8-17(21)15(9-14)19(25)28-10-13-5-3-4-6-16(13)20/h3-9H,10H2,1-2H3. The molecule has 0 aliphatic carbocycles. The van der Waals surface area contributed by atoms with Crippen LogP contribution in [0.1, 0.15) is 27.3 Å². The van der Waals surface area contributed by atoms with Crippen LogP contribution in [0.15, 0.2) is 42.5 Å². The largest absolute Gasteiger partial charge is 0.457 e. The van der Waals surface area contributed by atoms with E-state index >= 15 is 0 Å². The van der Waals surface area contributed by atoms with Crippen LogP contribution in [0.4, 0.5) is 5.69 Å². The SMILES string of the molecule is Cc1nn(-c2ccc(Cl)c(C(=O)OCc3ccccc3Cl)c2)c(C)c1[N+](=O)[O-]. The highest BCUT2D eigenvalue weighted by atomic mass is 35.5. The van der Waals surface area contributed by atoms with Crippen LogP contribution >= 0.6 is 23.2 Å². The smallest absolute Gasteiger partial charge is 0.340 e. The lowest BCUT2D eigenvalue weighted by Crippen LogP contribution is -2.08. The molecule has 28 heavy (non-hydrogen) atoms. The Labute approximate surface area is 170 Å². The number of hydrogen-bond donors (Lipinski definition) is 0. The van der Waals surface area contributed by atoms with Crippen LogP contribution in [0.25, 0.3) is 5.69 Å². The van der Waals surface area contributed by atoms with E-state index in [1.165, 1.54) is 16.8 Å². The Morgan fingerprint density at radius 3 is 2.54 bits per heavy atom. The number of rotatable bonds is 5. The van der Waals surface area contributed by atoms with E-state index in [4.69, 9.17) is 27.9 Å². The second-order valence-corrected chi connectivity index (χ2v) is 6.83. The number of hydrogen-bond acceptors (Lipinski definition) is 5. The molecule has 0 bridgehead atoms. The maximum absolute atomic E-state index is 12.5. The molecule has 3 rings (SSSR count). The number of esters is 1. The summed E-state index contributed by atoms with van der Waals surface area (Å²) in [5.41, 5.74) is 1.81. The van der Waals surface area contributed by atoms with Crippen LogP contribution in [0.3, 0.4) is 0 Å². The molecule has 0 atom stereocenters. The first-order valence-electron chi connectivity index (χ1n) is 8.20. The number of carbonyl (C=O) groups is 1. The van der Waals surface area contributed by atoms with Crippen molar-refractivity contribution in [1.29, 1.82) is 0 Å². The van der Waals surface area contributed by atoms with E-state index in [-0.39, 0.29) is 28.6 Å². The average Bonchev–Trinajstić information content (AvgIpc) is 2.95. The van der Waals surface area contributed by atoms with Gasteiger partial charge in [0.2, 0.25) is 0 Å². The van der Waals surface area contributed by atoms with Crippen LogP contribution in [0, 0.1) is 24.0 Å². The monoisotopic (exact) mass is 419 g/mol. The Bertz CT molecular complexity index is 1080. The summed E-state index contributed by atoms with van der Waals surface area (Å²) in [5.74, 6) is -0.636. The second-order valence-electron chi connectivity index (χ2n) is 6.02. The minimum absolute atomic E-state index is 0.00948. The first-order chi connectivity index (χ1) is 13.3. The Morgan fingerprint density at radius 2 is 1.89 bits per heavy atom. The molecule has 1 aromatic heterocycles. The van der Waals surface area contributed by atoms with Gasteiger partial charge in [-0.05, 0) is 38.1 Å². The molecule has 0 N–H and O–H groups in total. The summed E-state index contributed by atoms with van der Waals surface area (Å²) >= 11 is 12.2. The van der Waals surface area contributed by atoms with Crippen molar-refractivity contribution in [2.75, 3.05) is 0 Å². The Morgan fingerprint density at radius 1 is 1.18 bits per heavy atom. The highest BCUT2D eigenvalue weighted by Gasteiger charge is 2.23. The molecular formula is C19H15Cl2N3O4. The summed E-state index contributed by atoms with van der Waals surface area (Å²) in [6.45, 7) is 3.13.